The van der Waals surface area contributed by atoms with E-state index < -0.39 is 17.5 Å². The Morgan fingerprint density at radius 3 is 2.30 bits per heavy atom. The summed E-state index contributed by atoms with van der Waals surface area (Å²) in [6.45, 7) is 1.51. The zero-order chi connectivity index (χ0) is 17.0. The number of allylic oxidation sites excluding steroid dienone is 1. The number of benzene rings is 1. The van der Waals surface area contributed by atoms with E-state index in [1.54, 1.807) is 23.6 Å². The highest BCUT2D eigenvalue weighted by atomic mass is 32.1. The van der Waals surface area contributed by atoms with Crippen molar-refractivity contribution in [3.05, 3.63) is 69.1 Å². The van der Waals surface area contributed by atoms with E-state index in [-0.39, 0.29) is 5.78 Å². The Morgan fingerprint density at radius 1 is 1.09 bits per heavy atom. The third-order valence-corrected chi connectivity index (χ3v) is 4.15. The molecular weight excluding hydrogens is 316 g/mol. The number of carboxylic acid groups (broad SMARTS) is 1. The molecule has 2 rings (SSSR count). The maximum atomic E-state index is 11.8. The maximum absolute atomic E-state index is 11.8. The molecule has 118 valence electrons. The van der Waals surface area contributed by atoms with Crippen LogP contribution < -0.4 is 0 Å². The molecule has 0 atom stereocenters. The Balaban J connectivity index is 2.10. The van der Waals surface area contributed by atoms with Gasteiger partial charge in [0.1, 0.15) is 0 Å². The predicted molar refractivity (Wildman–Crippen MR) is 86.2 cm³/mol. The molecule has 1 heterocycles. The second kappa shape index (κ2) is 7.02. The normalized spacial score (nSPS) is 11.3. The van der Waals surface area contributed by atoms with Crippen LogP contribution in [-0.4, -0.2) is 27.7 Å². The largest absolute Gasteiger partial charge is 0.502 e. The number of aliphatic hydroxyl groups is 1. The number of carbonyl (C=O) groups excluding carboxylic acids is 2. The van der Waals surface area contributed by atoms with E-state index in [0.717, 1.165) is 11.1 Å². The highest BCUT2D eigenvalue weighted by Gasteiger charge is 2.12. The summed E-state index contributed by atoms with van der Waals surface area (Å²) in [4.78, 5) is 33.9. The lowest BCUT2D eigenvalue weighted by Gasteiger charge is -2.00. The molecule has 6 heteroatoms. The third kappa shape index (κ3) is 4.37. The van der Waals surface area contributed by atoms with Crippen molar-refractivity contribution in [3.8, 4) is 0 Å². The number of aliphatic carboxylic acids is 1. The Labute approximate surface area is 136 Å². The quantitative estimate of drug-likeness (QED) is 0.482. The van der Waals surface area contributed by atoms with Crippen molar-refractivity contribution in [1.82, 2.24) is 0 Å². The minimum absolute atomic E-state index is 0.00462. The monoisotopic (exact) mass is 330 g/mol. The van der Waals surface area contributed by atoms with E-state index >= 15 is 0 Å². The topological polar surface area (TPSA) is 91.7 Å². The van der Waals surface area contributed by atoms with Gasteiger partial charge in [-0.15, -0.1) is 11.3 Å². The van der Waals surface area contributed by atoms with Crippen LogP contribution in [0.15, 0.2) is 47.5 Å². The van der Waals surface area contributed by atoms with Gasteiger partial charge in [0, 0.05) is 11.6 Å². The molecule has 0 unspecified atom stereocenters. The van der Waals surface area contributed by atoms with Gasteiger partial charge in [-0.1, -0.05) is 24.3 Å². The Morgan fingerprint density at radius 2 is 1.74 bits per heavy atom. The average molecular weight is 330 g/mol. The molecule has 0 aliphatic carbocycles. The highest BCUT2D eigenvalue weighted by Crippen LogP contribution is 2.19. The minimum Gasteiger partial charge on any atom is -0.502 e. The van der Waals surface area contributed by atoms with Gasteiger partial charge in [0.2, 0.25) is 5.76 Å². The molecule has 1 aromatic carbocycles. The number of aliphatic hydroxyl groups excluding tert-OH is 1. The molecule has 0 bridgehead atoms. The standard InChI is InChI=1S/C17H14O5S/c1-10(18)13-4-2-11(3-5-13)6-12-7-16(23-9-12)14(19)8-15(20)17(21)22/h2-5,7-9,20H,6H2,1H3,(H,21,22)/b15-8-. The van der Waals surface area contributed by atoms with Gasteiger partial charge in [0.15, 0.2) is 11.6 Å². The number of Topliss-reactive ketones (excluding diaryl/α,β-unsaturated/α-hetero) is 1. The fraction of sp³-hybridized carbons (Fsp3) is 0.118. The van der Waals surface area contributed by atoms with Crippen molar-refractivity contribution in [2.24, 2.45) is 0 Å². The summed E-state index contributed by atoms with van der Waals surface area (Å²) in [5.41, 5.74) is 2.54. The molecule has 0 saturated carbocycles. The lowest BCUT2D eigenvalue weighted by atomic mass is 10.0. The van der Waals surface area contributed by atoms with Crippen molar-refractivity contribution < 1.29 is 24.6 Å². The first-order valence-corrected chi connectivity index (χ1v) is 7.60. The molecule has 1 aromatic heterocycles. The van der Waals surface area contributed by atoms with Gasteiger partial charge >= 0.3 is 5.97 Å². The number of hydrogen-bond donors (Lipinski definition) is 2. The molecule has 0 fully saturated rings. The Bertz CT molecular complexity index is 784. The second-order valence-corrected chi connectivity index (χ2v) is 5.86. The lowest BCUT2D eigenvalue weighted by Crippen LogP contribution is -2.02. The van der Waals surface area contributed by atoms with Gasteiger partial charge in [0.05, 0.1) is 4.88 Å². The molecular formula is C17H14O5S. The van der Waals surface area contributed by atoms with Gasteiger partial charge in [-0.3, -0.25) is 9.59 Å². The summed E-state index contributed by atoms with van der Waals surface area (Å²) >= 11 is 1.19. The van der Waals surface area contributed by atoms with E-state index in [1.807, 2.05) is 12.1 Å². The van der Waals surface area contributed by atoms with Crippen molar-refractivity contribution in [2.45, 2.75) is 13.3 Å². The van der Waals surface area contributed by atoms with E-state index in [9.17, 15) is 14.4 Å². The van der Waals surface area contributed by atoms with Crippen molar-refractivity contribution >= 4 is 28.9 Å². The molecule has 23 heavy (non-hydrogen) atoms. The molecule has 0 saturated heterocycles. The zero-order valence-electron chi connectivity index (χ0n) is 12.3. The van der Waals surface area contributed by atoms with Crippen molar-refractivity contribution in [2.75, 3.05) is 0 Å². The summed E-state index contributed by atoms with van der Waals surface area (Å²) in [5, 5.41) is 19.4. The summed E-state index contributed by atoms with van der Waals surface area (Å²) in [7, 11) is 0. The van der Waals surface area contributed by atoms with Crippen LogP contribution in [0, 0.1) is 0 Å². The molecule has 0 aliphatic heterocycles. The van der Waals surface area contributed by atoms with Gasteiger partial charge < -0.3 is 10.2 Å². The van der Waals surface area contributed by atoms with E-state index in [2.05, 4.69) is 0 Å². The first-order chi connectivity index (χ1) is 10.9. The van der Waals surface area contributed by atoms with Gasteiger partial charge in [-0.05, 0) is 35.9 Å². The van der Waals surface area contributed by atoms with Crippen molar-refractivity contribution in [1.29, 1.82) is 0 Å². The molecule has 5 nitrogen and oxygen atoms in total. The summed E-state index contributed by atoms with van der Waals surface area (Å²) in [5.74, 6) is -3.07. The molecule has 0 aliphatic rings. The summed E-state index contributed by atoms with van der Waals surface area (Å²) in [6.07, 6.45) is 1.29. The van der Waals surface area contributed by atoms with E-state index in [4.69, 9.17) is 10.2 Å². The van der Waals surface area contributed by atoms with Crippen LogP contribution in [0.4, 0.5) is 0 Å². The van der Waals surface area contributed by atoms with Gasteiger partial charge in [-0.2, -0.15) is 0 Å². The predicted octanol–water partition coefficient (Wildman–Crippen LogP) is 3.25. The van der Waals surface area contributed by atoms with Crippen LogP contribution in [0.3, 0.4) is 0 Å². The first kappa shape index (κ1) is 16.6. The maximum Gasteiger partial charge on any atom is 0.371 e. The zero-order valence-corrected chi connectivity index (χ0v) is 13.1. The highest BCUT2D eigenvalue weighted by molar-refractivity contribution is 7.12. The number of carbonyl (C=O) groups is 3. The van der Waals surface area contributed by atoms with Crippen LogP contribution in [0.2, 0.25) is 0 Å². The molecule has 0 spiro atoms. The molecule has 0 amide bonds. The van der Waals surface area contributed by atoms with Crippen LogP contribution in [-0.2, 0) is 11.2 Å². The fourth-order valence-electron chi connectivity index (χ4n) is 1.95. The van der Waals surface area contributed by atoms with E-state index in [0.29, 0.717) is 22.9 Å². The van der Waals surface area contributed by atoms with Crippen LogP contribution in [0.1, 0.15) is 38.1 Å². The molecule has 0 radical (unpaired) electrons. The van der Waals surface area contributed by atoms with Gasteiger partial charge in [-0.25, -0.2) is 4.79 Å². The summed E-state index contributed by atoms with van der Waals surface area (Å²) in [6, 6.07) is 8.88. The number of hydrogen-bond acceptors (Lipinski definition) is 5. The fourth-order valence-corrected chi connectivity index (χ4v) is 2.77. The van der Waals surface area contributed by atoms with Crippen molar-refractivity contribution in [3.63, 3.8) is 0 Å². The first-order valence-electron chi connectivity index (χ1n) is 6.72. The average Bonchev–Trinajstić information content (AvgIpc) is 2.96. The Kier molecular flexibility index (Phi) is 5.08. The minimum atomic E-state index is -1.54. The smallest absolute Gasteiger partial charge is 0.371 e. The van der Waals surface area contributed by atoms with Gasteiger partial charge in [0.25, 0.3) is 0 Å². The van der Waals surface area contributed by atoms with Crippen LogP contribution in [0.25, 0.3) is 0 Å². The Hall–Kier alpha value is -2.73. The van der Waals surface area contributed by atoms with Crippen LogP contribution in [0.5, 0.6) is 0 Å². The number of ketones is 2. The number of carboxylic acids is 1. The molecule has 2 N–H and O–H groups in total. The lowest BCUT2D eigenvalue weighted by molar-refractivity contribution is -0.135. The summed E-state index contributed by atoms with van der Waals surface area (Å²) < 4.78 is 0. The van der Waals surface area contributed by atoms with Crippen LogP contribution >= 0.6 is 11.3 Å². The number of rotatable bonds is 6. The van der Waals surface area contributed by atoms with E-state index in [1.165, 1.54) is 18.3 Å². The number of thiophene rings is 1. The molecule has 2 aromatic rings. The second-order valence-electron chi connectivity index (χ2n) is 4.95. The SMILES string of the molecule is CC(=O)c1ccc(Cc2csc(C(=O)/C=C(\O)C(=O)O)c2)cc1. The third-order valence-electron chi connectivity index (χ3n) is 3.15.